The molecule has 1 aromatic carbocycles. The van der Waals surface area contributed by atoms with E-state index in [9.17, 15) is 9.18 Å². The first-order chi connectivity index (χ1) is 14.6. The Bertz CT molecular complexity index is 830. The molecule has 1 heterocycles. The van der Waals surface area contributed by atoms with E-state index < -0.39 is 5.82 Å². The number of nitrogens with zero attached hydrogens (tertiary/aromatic N) is 2. The summed E-state index contributed by atoms with van der Waals surface area (Å²) >= 11 is 0. The van der Waals surface area contributed by atoms with E-state index >= 15 is 0 Å². The first kappa shape index (κ1) is 22.3. The highest BCUT2D eigenvalue weighted by Gasteiger charge is 2.16. The van der Waals surface area contributed by atoms with Crippen molar-refractivity contribution >= 4 is 5.91 Å². The molecular weight excluding hydrogens is 381 g/mol. The third-order valence-electron chi connectivity index (χ3n) is 6.00. The largest absolute Gasteiger partial charge is 0.491 e. The van der Waals surface area contributed by atoms with Gasteiger partial charge in [-0.2, -0.15) is 5.10 Å². The molecule has 0 atom stereocenters. The van der Waals surface area contributed by atoms with Crippen molar-refractivity contribution in [2.75, 3.05) is 6.61 Å². The summed E-state index contributed by atoms with van der Waals surface area (Å²) in [4.78, 5) is 12.4. The van der Waals surface area contributed by atoms with Gasteiger partial charge in [-0.15, -0.1) is 0 Å². The lowest BCUT2D eigenvalue weighted by molar-refractivity contribution is 0.0941. The van der Waals surface area contributed by atoms with Crippen LogP contribution in [0.1, 0.15) is 80.0 Å². The molecule has 0 unspecified atom stereocenters. The van der Waals surface area contributed by atoms with Gasteiger partial charge in [0.1, 0.15) is 5.69 Å². The minimum absolute atomic E-state index is 0.107. The van der Waals surface area contributed by atoms with Crippen molar-refractivity contribution in [2.24, 2.45) is 13.0 Å². The summed E-state index contributed by atoms with van der Waals surface area (Å²) in [6.45, 7) is 2.61. The standard InChI is InChI=1S/C24H34FN3O2/c1-3-20-16-21(28(2)27-20)24(29)26-17-19-13-9-14-22(23(19)25)30-15-7-5-4-6-10-18-11-8-12-18/h9,13-14,16,18H,3-8,10-12,15,17H2,1-2H3,(H,26,29). The van der Waals surface area contributed by atoms with Gasteiger partial charge in [-0.25, -0.2) is 4.39 Å². The molecule has 30 heavy (non-hydrogen) atoms. The first-order valence-corrected chi connectivity index (χ1v) is 11.3. The topological polar surface area (TPSA) is 56.1 Å². The average Bonchev–Trinajstić information content (AvgIpc) is 3.09. The number of hydrogen-bond acceptors (Lipinski definition) is 3. The summed E-state index contributed by atoms with van der Waals surface area (Å²) < 4.78 is 21.9. The first-order valence-electron chi connectivity index (χ1n) is 11.3. The lowest BCUT2D eigenvalue weighted by atomic mass is 9.82. The van der Waals surface area contributed by atoms with Crippen molar-refractivity contribution in [3.63, 3.8) is 0 Å². The van der Waals surface area contributed by atoms with E-state index in [0.717, 1.165) is 30.9 Å². The zero-order chi connectivity index (χ0) is 21.3. The summed E-state index contributed by atoms with van der Waals surface area (Å²) in [7, 11) is 1.73. The van der Waals surface area contributed by atoms with Gasteiger partial charge in [-0.05, 0) is 30.9 Å². The van der Waals surface area contributed by atoms with E-state index in [0.29, 0.717) is 17.9 Å². The zero-order valence-corrected chi connectivity index (χ0v) is 18.3. The number of nitrogens with one attached hydrogen (secondary N) is 1. The van der Waals surface area contributed by atoms with Gasteiger partial charge in [-0.1, -0.05) is 64.0 Å². The van der Waals surface area contributed by atoms with E-state index in [1.807, 2.05) is 6.92 Å². The second kappa shape index (κ2) is 11.1. The average molecular weight is 416 g/mol. The van der Waals surface area contributed by atoms with Crippen LogP contribution < -0.4 is 10.1 Å². The van der Waals surface area contributed by atoms with Gasteiger partial charge in [0.15, 0.2) is 11.6 Å². The molecule has 2 aromatic rings. The Morgan fingerprint density at radius 3 is 2.77 bits per heavy atom. The Labute approximate surface area is 179 Å². The minimum Gasteiger partial charge on any atom is -0.491 e. The third-order valence-corrected chi connectivity index (χ3v) is 6.00. The fraction of sp³-hybridized carbons (Fsp3) is 0.583. The number of carbonyl (C=O) groups is 1. The van der Waals surface area contributed by atoms with Gasteiger partial charge in [0.25, 0.3) is 5.91 Å². The van der Waals surface area contributed by atoms with Crippen molar-refractivity contribution in [1.29, 1.82) is 0 Å². The molecule has 1 aromatic heterocycles. The zero-order valence-electron chi connectivity index (χ0n) is 18.3. The molecule has 0 spiro atoms. The predicted molar refractivity (Wildman–Crippen MR) is 116 cm³/mol. The number of hydrogen-bond donors (Lipinski definition) is 1. The van der Waals surface area contributed by atoms with Crippen LogP contribution >= 0.6 is 0 Å². The monoisotopic (exact) mass is 415 g/mol. The Morgan fingerprint density at radius 1 is 1.27 bits per heavy atom. The summed E-state index contributed by atoms with van der Waals surface area (Å²) in [5.41, 5.74) is 1.74. The van der Waals surface area contributed by atoms with Gasteiger partial charge >= 0.3 is 0 Å². The van der Waals surface area contributed by atoms with Gasteiger partial charge in [-0.3, -0.25) is 9.48 Å². The van der Waals surface area contributed by atoms with E-state index in [1.54, 1.807) is 36.0 Å². The molecule has 1 saturated carbocycles. The van der Waals surface area contributed by atoms with E-state index in [4.69, 9.17) is 4.74 Å². The van der Waals surface area contributed by atoms with Crippen LogP contribution in [-0.4, -0.2) is 22.3 Å². The Balaban J connectivity index is 1.41. The van der Waals surface area contributed by atoms with Crippen LogP contribution in [0.25, 0.3) is 0 Å². The summed E-state index contributed by atoms with van der Waals surface area (Å²) in [6, 6.07) is 6.84. The number of ether oxygens (including phenoxy) is 1. The van der Waals surface area contributed by atoms with Crippen LogP contribution in [0.3, 0.4) is 0 Å². The molecule has 1 aliphatic carbocycles. The Morgan fingerprint density at radius 2 is 2.07 bits per heavy atom. The normalized spacial score (nSPS) is 13.8. The number of aromatic nitrogens is 2. The van der Waals surface area contributed by atoms with Crippen molar-refractivity contribution in [2.45, 2.75) is 71.3 Å². The molecule has 3 rings (SSSR count). The van der Waals surface area contributed by atoms with E-state index in [1.165, 1.54) is 38.5 Å². The molecular formula is C24H34FN3O2. The van der Waals surface area contributed by atoms with Crippen LogP contribution in [0.2, 0.25) is 0 Å². The smallest absolute Gasteiger partial charge is 0.269 e. The molecule has 5 nitrogen and oxygen atoms in total. The molecule has 6 heteroatoms. The molecule has 1 aliphatic rings. The molecule has 1 fully saturated rings. The van der Waals surface area contributed by atoms with Crippen molar-refractivity contribution in [1.82, 2.24) is 15.1 Å². The van der Waals surface area contributed by atoms with Gasteiger partial charge in [0, 0.05) is 19.2 Å². The van der Waals surface area contributed by atoms with E-state index in [2.05, 4.69) is 10.4 Å². The molecule has 0 bridgehead atoms. The number of aryl methyl sites for hydroxylation is 2. The number of amides is 1. The van der Waals surface area contributed by atoms with Crippen LogP contribution in [0, 0.1) is 11.7 Å². The molecule has 1 N–H and O–H groups in total. The number of unbranched alkanes of at least 4 members (excludes halogenated alkanes) is 3. The van der Waals surface area contributed by atoms with Crippen molar-refractivity contribution in [3.8, 4) is 5.75 Å². The van der Waals surface area contributed by atoms with Gasteiger partial charge in [0.05, 0.1) is 12.3 Å². The quantitative estimate of drug-likeness (QED) is 0.486. The lowest BCUT2D eigenvalue weighted by Gasteiger charge is -2.24. The highest BCUT2D eigenvalue weighted by Crippen LogP contribution is 2.31. The predicted octanol–water partition coefficient (Wildman–Crippen LogP) is 5.18. The second-order valence-corrected chi connectivity index (χ2v) is 8.26. The SMILES string of the molecule is CCc1cc(C(=O)NCc2cccc(OCCCCCCC3CCC3)c2F)n(C)n1. The summed E-state index contributed by atoms with van der Waals surface area (Å²) in [5, 5.41) is 7.05. The Kier molecular flexibility index (Phi) is 8.29. The minimum atomic E-state index is -0.401. The summed E-state index contributed by atoms with van der Waals surface area (Å²) in [6.07, 6.45) is 10.9. The van der Waals surface area contributed by atoms with Crippen LogP contribution in [0.4, 0.5) is 4.39 Å². The fourth-order valence-corrected chi connectivity index (χ4v) is 3.83. The number of carbonyl (C=O) groups excluding carboxylic acids is 1. The summed E-state index contributed by atoms with van der Waals surface area (Å²) in [5.74, 6) is 0.564. The van der Waals surface area contributed by atoms with Crippen LogP contribution in [-0.2, 0) is 20.0 Å². The van der Waals surface area contributed by atoms with Crippen LogP contribution in [0.5, 0.6) is 5.75 Å². The maximum atomic E-state index is 14.7. The maximum Gasteiger partial charge on any atom is 0.269 e. The second-order valence-electron chi connectivity index (χ2n) is 8.26. The van der Waals surface area contributed by atoms with Gasteiger partial charge in [0.2, 0.25) is 0 Å². The fourth-order valence-electron chi connectivity index (χ4n) is 3.83. The van der Waals surface area contributed by atoms with Crippen molar-refractivity contribution < 1.29 is 13.9 Å². The van der Waals surface area contributed by atoms with Crippen molar-refractivity contribution in [3.05, 3.63) is 47.0 Å². The molecule has 1 amide bonds. The Hall–Kier alpha value is -2.37. The maximum absolute atomic E-state index is 14.7. The highest BCUT2D eigenvalue weighted by molar-refractivity contribution is 5.92. The lowest BCUT2D eigenvalue weighted by Crippen LogP contribution is -2.25. The highest BCUT2D eigenvalue weighted by atomic mass is 19.1. The molecule has 0 radical (unpaired) electrons. The number of halogens is 1. The molecule has 0 saturated heterocycles. The van der Waals surface area contributed by atoms with Crippen LogP contribution in [0.15, 0.2) is 24.3 Å². The number of rotatable bonds is 12. The van der Waals surface area contributed by atoms with E-state index in [-0.39, 0.29) is 18.2 Å². The number of benzene rings is 1. The third kappa shape index (κ3) is 6.07. The molecule has 164 valence electrons. The molecule has 0 aliphatic heterocycles. The van der Waals surface area contributed by atoms with Gasteiger partial charge < -0.3 is 10.1 Å².